The Morgan fingerprint density at radius 2 is 1.94 bits per heavy atom. The van der Waals surface area contributed by atoms with E-state index in [9.17, 15) is 4.79 Å². The minimum Gasteiger partial charge on any atom is -0.360 e. The van der Waals surface area contributed by atoms with Crippen LogP contribution in [0.5, 0.6) is 0 Å². The smallest absolute Gasteiger partial charge is 0.181 e. The monoisotopic (exact) mass is 244 g/mol. The second-order valence-electron chi connectivity index (χ2n) is 4.51. The van der Waals surface area contributed by atoms with E-state index in [4.69, 9.17) is 0 Å². The van der Waals surface area contributed by atoms with Crippen molar-refractivity contribution in [1.29, 1.82) is 0 Å². The van der Waals surface area contributed by atoms with Crippen molar-refractivity contribution in [3.05, 3.63) is 36.0 Å². The van der Waals surface area contributed by atoms with E-state index in [1.54, 1.807) is 0 Å². The van der Waals surface area contributed by atoms with Gasteiger partial charge >= 0.3 is 0 Å². The Labute approximate surface area is 108 Å². The summed E-state index contributed by atoms with van der Waals surface area (Å²) >= 11 is 0. The quantitative estimate of drug-likeness (QED) is 0.820. The summed E-state index contributed by atoms with van der Waals surface area (Å²) in [6.07, 6.45) is 1.83. The molecule has 0 aliphatic carbocycles. The standard InChI is InChI=1S/C15H20N2O/c1-4-17(5-2)11(3)15(18)13-10-16-14-9-7-6-8-12(13)14/h6-11,16H,4-5H2,1-3H3. The summed E-state index contributed by atoms with van der Waals surface area (Å²) < 4.78 is 0. The van der Waals surface area contributed by atoms with Crippen LogP contribution in [0.3, 0.4) is 0 Å². The van der Waals surface area contributed by atoms with E-state index in [2.05, 4.69) is 23.7 Å². The average Bonchev–Trinajstić information content (AvgIpc) is 2.83. The van der Waals surface area contributed by atoms with Crippen LogP contribution in [0, 0.1) is 0 Å². The highest BCUT2D eigenvalue weighted by molar-refractivity contribution is 6.10. The molecule has 1 atom stereocenters. The minimum absolute atomic E-state index is 0.0702. The summed E-state index contributed by atoms with van der Waals surface area (Å²) in [5.41, 5.74) is 1.82. The lowest BCUT2D eigenvalue weighted by molar-refractivity contribution is 0.0853. The molecule has 1 aromatic carbocycles. The van der Waals surface area contributed by atoms with Crippen molar-refractivity contribution in [3.8, 4) is 0 Å². The van der Waals surface area contributed by atoms with E-state index in [-0.39, 0.29) is 11.8 Å². The summed E-state index contributed by atoms with van der Waals surface area (Å²) in [6, 6.07) is 7.86. The zero-order valence-corrected chi connectivity index (χ0v) is 11.2. The number of carbonyl (C=O) groups is 1. The molecule has 96 valence electrons. The van der Waals surface area contributed by atoms with E-state index >= 15 is 0 Å². The lowest BCUT2D eigenvalue weighted by Gasteiger charge is -2.24. The molecule has 0 radical (unpaired) electrons. The Kier molecular flexibility index (Phi) is 3.82. The molecular formula is C15H20N2O. The van der Waals surface area contributed by atoms with Gasteiger partial charge in [0.2, 0.25) is 0 Å². The average molecular weight is 244 g/mol. The molecule has 1 N–H and O–H groups in total. The number of benzene rings is 1. The molecule has 2 aromatic rings. The summed E-state index contributed by atoms with van der Waals surface area (Å²) in [7, 11) is 0. The molecule has 2 rings (SSSR count). The fourth-order valence-corrected chi connectivity index (χ4v) is 2.44. The summed E-state index contributed by atoms with van der Waals surface area (Å²) in [5.74, 6) is 0.191. The number of hydrogen-bond acceptors (Lipinski definition) is 2. The third-order valence-electron chi connectivity index (χ3n) is 3.59. The van der Waals surface area contributed by atoms with Gasteiger partial charge in [0.15, 0.2) is 5.78 Å². The number of likely N-dealkylation sites (N-methyl/N-ethyl adjacent to an activating group) is 1. The molecule has 0 aliphatic heterocycles. The molecule has 3 nitrogen and oxygen atoms in total. The minimum atomic E-state index is -0.0702. The number of aromatic nitrogens is 1. The van der Waals surface area contributed by atoms with E-state index in [1.807, 2.05) is 37.4 Å². The number of aromatic amines is 1. The first-order valence-electron chi connectivity index (χ1n) is 6.53. The topological polar surface area (TPSA) is 36.1 Å². The second kappa shape index (κ2) is 5.36. The van der Waals surface area contributed by atoms with Gasteiger partial charge in [-0.2, -0.15) is 0 Å². The molecular weight excluding hydrogens is 224 g/mol. The number of nitrogens with one attached hydrogen (secondary N) is 1. The molecule has 0 saturated heterocycles. The van der Waals surface area contributed by atoms with Crippen LogP contribution in [-0.2, 0) is 0 Å². The van der Waals surface area contributed by atoms with Crippen LogP contribution in [0.25, 0.3) is 10.9 Å². The van der Waals surface area contributed by atoms with Crippen molar-refractivity contribution in [2.75, 3.05) is 13.1 Å². The van der Waals surface area contributed by atoms with Gasteiger partial charge in [-0.15, -0.1) is 0 Å². The van der Waals surface area contributed by atoms with Crippen LogP contribution in [-0.4, -0.2) is 34.8 Å². The molecule has 3 heteroatoms. The number of para-hydroxylation sites is 1. The molecule has 0 amide bonds. The third-order valence-corrected chi connectivity index (χ3v) is 3.59. The second-order valence-corrected chi connectivity index (χ2v) is 4.51. The van der Waals surface area contributed by atoms with Crippen molar-refractivity contribution in [2.45, 2.75) is 26.8 Å². The van der Waals surface area contributed by atoms with Gasteiger partial charge in [0.25, 0.3) is 0 Å². The van der Waals surface area contributed by atoms with Crippen LogP contribution >= 0.6 is 0 Å². The van der Waals surface area contributed by atoms with Gasteiger partial charge in [-0.05, 0) is 26.1 Å². The molecule has 0 spiro atoms. The Bertz CT molecular complexity index is 540. The number of hydrogen-bond donors (Lipinski definition) is 1. The lowest BCUT2D eigenvalue weighted by atomic mass is 10.0. The maximum absolute atomic E-state index is 12.5. The highest BCUT2D eigenvalue weighted by Crippen LogP contribution is 2.20. The van der Waals surface area contributed by atoms with Crippen LogP contribution < -0.4 is 0 Å². The van der Waals surface area contributed by atoms with Crippen molar-refractivity contribution in [1.82, 2.24) is 9.88 Å². The molecule has 0 saturated carbocycles. The fraction of sp³-hybridized carbons (Fsp3) is 0.400. The highest BCUT2D eigenvalue weighted by Gasteiger charge is 2.22. The molecule has 1 heterocycles. The third kappa shape index (κ3) is 2.18. The number of rotatable bonds is 5. The molecule has 1 unspecified atom stereocenters. The Hall–Kier alpha value is -1.61. The summed E-state index contributed by atoms with van der Waals surface area (Å²) in [4.78, 5) is 17.8. The molecule has 0 bridgehead atoms. The first kappa shape index (κ1) is 12.8. The number of carbonyl (C=O) groups excluding carboxylic acids is 1. The molecule has 0 fully saturated rings. The highest BCUT2D eigenvalue weighted by atomic mass is 16.1. The predicted molar refractivity (Wildman–Crippen MR) is 75.0 cm³/mol. The summed E-state index contributed by atoms with van der Waals surface area (Å²) in [6.45, 7) is 7.94. The van der Waals surface area contributed by atoms with Crippen molar-refractivity contribution in [2.24, 2.45) is 0 Å². The van der Waals surface area contributed by atoms with Crippen molar-refractivity contribution in [3.63, 3.8) is 0 Å². The van der Waals surface area contributed by atoms with Crippen LogP contribution in [0.4, 0.5) is 0 Å². The lowest BCUT2D eigenvalue weighted by Crippen LogP contribution is -2.38. The van der Waals surface area contributed by atoms with Crippen molar-refractivity contribution >= 4 is 16.7 Å². The largest absolute Gasteiger partial charge is 0.360 e. The Morgan fingerprint density at radius 3 is 2.61 bits per heavy atom. The zero-order valence-electron chi connectivity index (χ0n) is 11.2. The van der Waals surface area contributed by atoms with Gasteiger partial charge in [0.05, 0.1) is 6.04 Å². The molecule has 0 aliphatic rings. The first-order chi connectivity index (χ1) is 8.69. The Morgan fingerprint density at radius 1 is 1.28 bits per heavy atom. The van der Waals surface area contributed by atoms with Gasteiger partial charge in [0, 0.05) is 22.7 Å². The van der Waals surface area contributed by atoms with Crippen molar-refractivity contribution < 1.29 is 4.79 Å². The van der Waals surface area contributed by atoms with E-state index in [0.29, 0.717) is 0 Å². The maximum Gasteiger partial charge on any atom is 0.181 e. The van der Waals surface area contributed by atoms with Crippen LogP contribution in [0.15, 0.2) is 30.5 Å². The number of ketones is 1. The van der Waals surface area contributed by atoms with Gasteiger partial charge in [-0.1, -0.05) is 32.0 Å². The first-order valence-corrected chi connectivity index (χ1v) is 6.53. The predicted octanol–water partition coefficient (Wildman–Crippen LogP) is 3.08. The molecule has 1 aromatic heterocycles. The van der Waals surface area contributed by atoms with Gasteiger partial charge < -0.3 is 4.98 Å². The van der Waals surface area contributed by atoms with Gasteiger partial charge in [-0.25, -0.2) is 0 Å². The van der Waals surface area contributed by atoms with E-state index in [1.165, 1.54) is 0 Å². The van der Waals surface area contributed by atoms with Gasteiger partial charge in [0.1, 0.15) is 0 Å². The number of fused-ring (bicyclic) bond motifs is 1. The summed E-state index contributed by atoms with van der Waals surface area (Å²) in [5, 5.41) is 1.02. The van der Waals surface area contributed by atoms with E-state index in [0.717, 1.165) is 29.6 Å². The van der Waals surface area contributed by atoms with Crippen LogP contribution in [0.2, 0.25) is 0 Å². The normalized spacial score (nSPS) is 13.1. The zero-order chi connectivity index (χ0) is 13.1. The Balaban J connectivity index is 2.33. The van der Waals surface area contributed by atoms with Crippen LogP contribution in [0.1, 0.15) is 31.1 Å². The SMILES string of the molecule is CCN(CC)C(C)C(=O)c1c[nH]c2ccccc12. The number of nitrogens with zero attached hydrogens (tertiary/aromatic N) is 1. The number of H-pyrrole nitrogens is 1. The maximum atomic E-state index is 12.5. The molecule has 18 heavy (non-hydrogen) atoms. The fourth-order valence-electron chi connectivity index (χ4n) is 2.44. The van der Waals surface area contributed by atoms with Gasteiger partial charge in [-0.3, -0.25) is 9.69 Å². The number of Topliss-reactive ketones (excluding diaryl/α,β-unsaturated/α-hetero) is 1. The van der Waals surface area contributed by atoms with E-state index < -0.39 is 0 Å².